The Bertz CT molecular complexity index is 549. The van der Waals surface area contributed by atoms with Crippen LogP contribution in [0.1, 0.15) is 31.2 Å². The largest absolute Gasteiger partial charge is 0.353 e. The molecule has 1 aromatic rings. The van der Waals surface area contributed by atoms with Gasteiger partial charge in [0.05, 0.1) is 0 Å². The molecule has 1 aliphatic heterocycles. The Labute approximate surface area is 123 Å². The topological polar surface area (TPSA) is 41.1 Å². The average Bonchev–Trinajstić information content (AvgIpc) is 3.24. The zero-order valence-corrected chi connectivity index (χ0v) is 12.0. The molecule has 3 nitrogen and oxygen atoms in total. The number of hydrogen-bond donors (Lipinski definition) is 2. The lowest BCUT2D eigenvalue weighted by Gasteiger charge is -2.30. The summed E-state index contributed by atoms with van der Waals surface area (Å²) in [6.07, 6.45) is 1.52. The van der Waals surface area contributed by atoms with E-state index in [0.717, 1.165) is 31.6 Å². The summed E-state index contributed by atoms with van der Waals surface area (Å²) < 4.78 is 26.9. The van der Waals surface area contributed by atoms with Crippen molar-refractivity contribution in [2.24, 2.45) is 11.8 Å². The van der Waals surface area contributed by atoms with E-state index in [1.54, 1.807) is 0 Å². The second-order valence-corrected chi connectivity index (χ2v) is 6.20. The molecule has 1 aromatic carbocycles. The summed E-state index contributed by atoms with van der Waals surface area (Å²) >= 11 is 0. The highest BCUT2D eigenvalue weighted by Crippen LogP contribution is 2.48. The van der Waals surface area contributed by atoms with E-state index in [-0.39, 0.29) is 23.8 Å². The van der Waals surface area contributed by atoms with Crippen molar-refractivity contribution < 1.29 is 13.6 Å². The molecule has 1 heterocycles. The maximum absolute atomic E-state index is 13.7. The highest BCUT2D eigenvalue weighted by atomic mass is 19.1. The number of rotatable bonds is 3. The Morgan fingerprint density at radius 3 is 2.95 bits per heavy atom. The van der Waals surface area contributed by atoms with E-state index in [4.69, 9.17) is 0 Å². The molecule has 21 heavy (non-hydrogen) atoms. The van der Waals surface area contributed by atoms with Crippen LogP contribution in [-0.4, -0.2) is 25.0 Å². The van der Waals surface area contributed by atoms with Crippen molar-refractivity contribution in [1.29, 1.82) is 0 Å². The van der Waals surface area contributed by atoms with Crippen molar-refractivity contribution in [2.75, 3.05) is 13.1 Å². The number of nitrogens with one attached hydrogen (secondary N) is 2. The van der Waals surface area contributed by atoms with Gasteiger partial charge in [-0.3, -0.25) is 4.79 Å². The van der Waals surface area contributed by atoms with Gasteiger partial charge in [0, 0.05) is 12.0 Å². The smallest absolute Gasteiger partial charge is 0.223 e. The van der Waals surface area contributed by atoms with Gasteiger partial charge < -0.3 is 10.6 Å². The van der Waals surface area contributed by atoms with Crippen LogP contribution in [0.3, 0.4) is 0 Å². The van der Waals surface area contributed by atoms with Gasteiger partial charge in [0.15, 0.2) is 0 Å². The molecule has 1 saturated heterocycles. The van der Waals surface area contributed by atoms with E-state index in [2.05, 4.69) is 17.6 Å². The summed E-state index contributed by atoms with van der Waals surface area (Å²) in [5.74, 6) is -0.911. The van der Waals surface area contributed by atoms with Gasteiger partial charge in [0.25, 0.3) is 0 Å². The number of carbonyl (C=O) groups is 1. The van der Waals surface area contributed by atoms with Gasteiger partial charge in [0.2, 0.25) is 5.91 Å². The van der Waals surface area contributed by atoms with Crippen LogP contribution < -0.4 is 10.6 Å². The molecule has 2 fully saturated rings. The predicted octanol–water partition coefficient (Wildman–Crippen LogP) is 2.18. The van der Waals surface area contributed by atoms with Gasteiger partial charge in [-0.2, -0.15) is 0 Å². The Morgan fingerprint density at radius 2 is 2.19 bits per heavy atom. The molecule has 0 spiro atoms. The number of halogens is 2. The van der Waals surface area contributed by atoms with Gasteiger partial charge in [-0.25, -0.2) is 8.78 Å². The number of amides is 1. The lowest BCUT2D eigenvalue weighted by Crippen LogP contribution is -2.48. The molecule has 114 valence electrons. The zero-order chi connectivity index (χ0) is 15.0. The molecule has 0 radical (unpaired) electrons. The van der Waals surface area contributed by atoms with E-state index in [9.17, 15) is 13.6 Å². The van der Waals surface area contributed by atoms with Gasteiger partial charge in [-0.05, 0) is 61.5 Å². The van der Waals surface area contributed by atoms with Crippen LogP contribution in [0.2, 0.25) is 0 Å². The molecule has 1 saturated carbocycles. The third kappa shape index (κ3) is 3.07. The molecule has 1 amide bonds. The summed E-state index contributed by atoms with van der Waals surface area (Å²) in [5, 5.41) is 6.36. The first-order valence-corrected chi connectivity index (χ1v) is 7.52. The highest BCUT2D eigenvalue weighted by molar-refractivity contribution is 5.83. The lowest BCUT2D eigenvalue weighted by molar-refractivity contribution is -0.123. The van der Waals surface area contributed by atoms with Crippen LogP contribution in [-0.2, 0) is 4.79 Å². The minimum absolute atomic E-state index is 0.0255. The first-order chi connectivity index (χ1) is 10.1. The van der Waals surface area contributed by atoms with Crippen LogP contribution in [0.5, 0.6) is 0 Å². The Hall–Kier alpha value is -1.49. The molecule has 4 unspecified atom stereocenters. The van der Waals surface area contributed by atoms with Gasteiger partial charge >= 0.3 is 0 Å². The molecule has 0 bridgehead atoms. The summed E-state index contributed by atoms with van der Waals surface area (Å²) in [4.78, 5) is 12.3. The van der Waals surface area contributed by atoms with Crippen molar-refractivity contribution in [1.82, 2.24) is 10.6 Å². The van der Waals surface area contributed by atoms with Gasteiger partial charge in [-0.1, -0.05) is 6.92 Å². The molecule has 5 heteroatoms. The van der Waals surface area contributed by atoms with Crippen molar-refractivity contribution in [3.63, 3.8) is 0 Å². The number of carbonyl (C=O) groups excluding carboxylic acids is 1. The monoisotopic (exact) mass is 294 g/mol. The highest BCUT2D eigenvalue weighted by Gasteiger charge is 2.46. The maximum atomic E-state index is 13.7. The minimum Gasteiger partial charge on any atom is -0.353 e. The van der Waals surface area contributed by atoms with Crippen LogP contribution >= 0.6 is 0 Å². The minimum atomic E-state index is -0.454. The lowest BCUT2D eigenvalue weighted by atomic mass is 9.95. The third-order valence-electron chi connectivity index (χ3n) is 4.60. The second kappa shape index (κ2) is 5.72. The van der Waals surface area contributed by atoms with E-state index in [1.165, 1.54) is 6.07 Å². The van der Waals surface area contributed by atoms with E-state index in [0.29, 0.717) is 17.9 Å². The number of benzene rings is 1. The van der Waals surface area contributed by atoms with E-state index in [1.807, 2.05) is 0 Å². The van der Waals surface area contributed by atoms with Gasteiger partial charge in [-0.15, -0.1) is 0 Å². The first-order valence-electron chi connectivity index (χ1n) is 7.52. The summed E-state index contributed by atoms with van der Waals surface area (Å²) in [6.45, 7) is 3.91. The Balaban J connectivity index is 1.62. The molecule has 2 aliphatic rings. The summed E-state index contributed by atoms with van der Waals surface area (Å²) in [7, 11) is 0. The normalized spacial score (nSPS) is 31.8. The summed E-state index contributed by atoms with van der Waals surface area (Å²) in [5.41, 5.74) is 0.327. The number of hydrogen-bond acceptors (Lipinski definition) is 2. The van der Waals surface area contributed by atoms with E-state index < -0.39 is 11.6 Å². The first kappa shape index (κ1) is 14.4. The van der Waals surface area contributed by atoms with Crippen LogP contribution in [0.4, 0.5) is 8.78 Å². The van der Waals surface area contributed by atoms with Gasteiger partial charge in [0.1, 0.15) is 11.6 Å². The quantitative estimate of drug-likeness (QED) is 0.897. The molecule has 1 aliphatic carbocycles. The molecule has 0 aromatic heterocycles. The second-order valence-electron chi connectivity index (χ2n) is 6.20. The maximum Gasteiger partial charge on any atom is 0.223 e. The van der Waals surface area contributed by atoms with Crippen molar-refractivity contribution >= 4 is 5.91 Å². The molecular formula is C16H20F2N2O. The van der Waals surface area contributed by atoms with E-state index >= 15 is 0 Å². The van der Waals surface area contributed by atoms with Crippen LogP contribution in [0, 0.1) is 23.5 Å². The van der Waals surface area contributed by atoms with Crippen molar-refractivity contribution in [2.45, 2.75) is 31.7 Å². The molecular weight excluding hydrogens is 274 g/mol. The Morgan fingerprint density at radius 1 is 1.38 bits per heavy atom. The Kier molecular flexibility index (Phi) is 3.93. The molecule has 4 atom stereocenters. The van der Waals surface area contributed by atoms with Crippen LogP contribution in [0.15, 0.2) is 18.2 Å². The predicted molar refractivity (Wildman–Crippen MR) is 75.8 cm³/mol. The van der Waals surface area contributed by atoms with Crippen molar-refractivity contribution in [3.05, 3.63) is 35.4 Å². The standard InChI is InChI=1S/C16H20F2N2O/c1-9-8-19-5-4-15(9)20-16(21)13-7-11(13)12-6-10(17)2-3-14(12)18/h2-3,6,9,11,13,15,19H,4-5,7-8H2,1H3,(H,20,21). The van der Waals surface area contributed by atoms with Crippen LogP contribution in [0.25, 0.3) is 0 Å². The van der Waals surface area contributed by atoms with Crippen molar-refractivity contribution in [3.8, 4) is 0 Å². The third-order valence-corrected chi connectivity index (χ3v) is 4.60. The molecule has 2 N–H and O–H groups in total. The SMILES string of the molecule is CC1CNCCC1NC(=O)C1CC1c1cc(F)ccc1F. The molecule has 3 rings (SSSR count). The fourth-order valence-corrected chi connectivity index (χ4v) is 3.15. The fourth-order valence-electron chi connectivity index (χ4n) is 3.15. The zero-order valence-electron chi connectivity index (χ0n) is 12.0. The summed E-state index contributed by atoms with van der Waals surface area (Å²) in [6, 6.07) is 3.62. The fraction of sp³-hybridized carbons (Fsp3) is 0.562. The number of piperidine rings is 1. The average molecular weight is 294 g/mol.